The number of benzene rings is 1. The standard InChI is InChI=1S/C16H17ClN2O4/c1-11-4-5-13(17)14(7-11)23-10-16(21)19-9-15(20)18-8-12-3-2-6-22-12/h2-7H,8-10H2,1H3,(H,18,20)(H,19,21). The van der Waals surface area contributed by atoms with Gasteiger partial charge in [-0.3, -0.25) is 9.59 Å². The molecule has 0 aliphatic rings. The van der Waals surface area contributed by atoms with E-state index in [9.17, 15) is 9.59 Å². The van der Waals surface area contributed by atoms with Crippen LogP contribution < -0.4 is 15.4 Å². The van der Waals surface area contributed by atoms with E-state index in [0.717, 1.165) is 5.56 Å². The average Bonchev–Trinajstić information content (AvgIpc) is 3.05. The lowest BCUT2D eigenvalue weighted by atomic mass is 10.2. The molecule has 6 nitrogen and oxygen atoms in total. The summed E-state index contributed by atoms with van der Waals surface area (Å²) >= 11 is 5.97. The zero-order valence-electron chi connectivity index (χ0n) is 12.6. The fourth-order valence-corrected chi connectivity index (χ4v) is 1.93. The summed E-state index contributed by atoms with van der Waals surface area (Å²) in [5, 5.41) is 5.52. The molecule has 0 spiro atoms. The molecule has 0 unspecified atom stereocenters. The molecule has 0 aliphatic carbocycles. The van der Waals surface area contributed by atoms with Gasteiger partial charge in [0.1, 0.15) is 11.5 Å². The number of hydrogen-bond donors (Lipinski definition) is 2. The van der Waals surface area contributed by atoms with Crippen molar-refractivity contribution in [2.24, 2.45) is 0 Å². The van der Waals surface area contributed by atoms with E-state index >= 15 is 0 Å². The number of nitrogens with one attached hydrogen (secondary N) is 2. The molecule has 2 amide bonds. The maximum Gasteiger partial charge on any atom is 0.258 e. The molecule has 0 saturated heterocycles. The summed E-state index contributed by atoms with van der Waals surface area (Å²) in [6.07, 6.45) is 1.52. The molecule has 0 atom stereocenters. The molecule has 0 radical (unpaired) electrons. The minimum absolute atomic E-state index is 0.134. The molecule has 0 bridgehead atoms. The minimum Gasteiger partial charge on any atom is -0.482 e. The van der Waals surface area contributed by atoms with Crippen molar-refractivity contribution in [1.82, 2.24) is 10.6 Å². The van der Waals surface area contributed by atoms with Gasteiger partial charge in [-0.25, -0.2) is 0 Å². The monoisotopic (exact) mass is 336 g/mol. The lowest BCUT2D eigenvalue weighted by molar-refractivity contribution is -0.127. The highest BCUT2D eigenvalue weighted by atomic mass is 35.5. The highest BCUT2D eigenvalue weighted by Gasteiger charge is 2.08. The number of aryl methyl sites for hydroxylation is 1. The van der Waals surface area contributed by atoms with E-state index in [1.165, 1.54) is 6.26 Å². The number of carbonyl (C=O) groups excluding carboxylic acids is 2. The third kappa shape index (κ3) is 5.67. The molecule has 1 aromatic heterocycles. The Morgan fingerprint density at radius 2 is 2.04 bits per heavy atom. The molecular formula is C16H17ClN2O4. The molecule has 23 heavy (non-hydrogen) atoms. The van der Waals surface area contributed by atoms with Gasteiger partial charge in [0.05, 0.1) is 24.4 Å². The molecule has 122 valence electrons. The van der Waals surface area contributed by atoms with E-state index in [0.29, 0.717) is 16.5 Å². The van der Waals surface area contributed by atoms with E-state index in [-0.39, 0.29) is 25.6 Å². The zero-order chi connectivity index (χ0) is 16.7. The number of amides is 2. The molecule has 2 aromatic rings. The lowest BCUT2D eigenvalue weighted by Gasteiger charge is -2.09. The van der Waals surface area contributed by atoms with Gasteiger partial charge in [-0.2, -0.15) is 0 Å². The fourth-order valence-electron chi connectivity index (χ4n) is 1.76. The molecule has 1 aromatic carbocycles. The molecule has 7 heteroatoms. The third-order valence-electron chi connectivity index (χ3n) is 2.93. The molecule has 0 saturated carbocycles. The van der Waals surface area contributed by atoms with Gasteiger partial charge in [-0.15, -0.1) is 0 Å². The van der Waals surface area contributed by atoms with Crippen LogP contribution in [0.15, 0.2) is 41.0 Å². The first kappa shape index (κ1) is 16.9. The van der Waals surface area contributed by atoms with Gasteiger partial charge < -0.3 is 19.8 Å². The van der Waals surface area contributed by atoms with Gasteiger partial charge in [-0.05, 0) is 36.8 Å². The Morgan fingerprint density at radius 1 is 1.22 bits per heavy atom. The van der Waals surface area contributed by atoms with Crippen molar-refractivity contribution in [2.45, 2.75) is 13.5 Å². The summed E-state index contributed by atoms with van der Waals surface area (Å²) in [6, 6.07) is 8.77. The first-order valence-corrected chi connectivity index (χ1v) is 7.37. The van der Waals surface area contributed by atoms with Gasteiger partial charge in [0, 0.05) is 0 Å². The zero-order valence-corrected chi connectivity index (χ0v) is 13.4. The van der Waals surface area contributed by atoms with E-state index < -0.39 is 5.91 Å². The van der Waals surface area contributed by atoms with Crippen molar-refractivity contribution in [1.29, 1.82) is 0 Å². The fraction of sp³-hybridized carbons (Fsp3) is 0.250. The summed E-state index contributed by atoms with van der Waals surface area (Å²) < 4.78 is 10.4. The number of furan rings is 1. The maximum absolute atomic E-state index is 11.7. The molecule has 2 rings (SSSR count). The SMILES string of the molecule is Cc1ccc(Cl)c(OCC(=O)NCC(=O)NCc2ccco2)c1. The second kappa shape index (κ2) is 8.24. The van der Waals surface area contributed by atoms with Crippen molar-refractivity contribution >= 4 is 23.4 Å². The summed E-state index contributed by atoms with van der Waals surface area (Å²) in [6.45, 7) is 1.82. The van der Waals surface area contributed by atoms with E-state index in [1.807, 2.05) is 13.0 Å². The Kier molecular flexibility index (Phi) is 6.05. The molecule has 0 fully saturated rings. The van der Waals surface area contributed by atoms with Gasteiger partial charge in [0.25, 0.3) is 5.91 Å². The Morgan fingerprint density at radius 3 is 2.78 bits per heavy atom. The van der Waals surface area contributed by atoms with Crippen LogP contribution in [0.4, 0.5) is 0 Å². The van der Waals surface area contributed by atoms with Crippen LogP contribution in [0.3, 0.4) is 0 Å². The maximum atomic E-state index is 11.7. The van der Waals surface area contributed by atoms with Crippen molar-refractivity contribution in [3.05, 3.63) is 52.9 Å². The molecule has 2 N–H and O–H groups in total. The van der Waals surface area contributed by atoms with Crippen LogP contribution in [-0.4, -0.2) is 25.0 Å². The summed E-state index contributed by atoms with van der Waals surface area (Å²) in [5.41, 5.74) is 0.974. The van der Waals surface area contributed by atoms with Crippen molar-refractivity contribution in [2.75, 3.05) is 13.2 Å². The predicted molar refractivity (Wildman–Crippen MR) is 85.2 cm³/mol. The number of hydrogen-bond acceptors (Lipinski definition) is 4. The van der Waals surface area contributed by atoms with Crippen LogP contribution in [0.25, 0.3) is 0 Å². The second-order valence-corrected chi connectivity index (χ2v) is 5.26. The van der Waals surface area contributed by atoms with Crippen molar-refractivity contribution < 1.29 is 18.7 Å². The smallest absolute Gasteiger partial charge is 0.258 e. The van der Waals surface area contributed by atoms with Crippen LogP contribution in [0.5, 0.6) is 5.75 Å². The lowest BCUT2D eigenvalue weighted by Crippen LogP contribution is -2.38. The normalized spacial score (nSPS) is 10.2. The van der Waals surface area contributed by atoms with Crippen LogP contribution in [-0.2, 0) is 16.1 Å². The van der Waals surface area contributed by atoms with Crippen LogP contribution in [0.1, 0.15) is 11.3 Å². The Labute approximate surface area is 138 Å². The quantitative estimate of drug-likeness (QED) is 0.811. The first-order chi connectivity index (χ1) is 11.0. The summed E-state index contributed by atoms with van der Waals surface area (Å²) in [5.74, 6) is 0.352. The van der Waals surface area contributed by atoms with Crippen LogP contribution in [0.2, 0.25) is 5.02 Å². The summed E-state index contributed by atoms with van der Waals surface area (Å²) in [7, 11) is 0. The highest BCUT2D eigenvalue weighted by molar-refractivity contribution is 6.32. The van der Waals surface area contributed by atoms with Crippen molar-refractivity contribution in [3.63, 3.8) is 0 Å². The highest BCUT2D eigenvalue weighted by Crippen LogP contribution is 2.24. The Bertz CT molecular complexity index is 671. The van der Waals surface area contributed by atoms with E-state index in [1.54, 1.807) is 24.3 Å². The topological polar surface area (TPSA) is 80.6 Å². The van der Waals surface area contributed by atoms with Gasteiger partial charge >= 0.3 is 0 Å². The van der Waals surface area contributed by atoms with Crippen LogP contribution in [0, 0.1) is 6.92 Å². The minimum atomic E-state index is -0.407. The Hall–Kier alpha value is -2.47. The molecular weight excluding hydrogens is 320 g/mol. The molecule has 0 aliphatic heterocycles. The van der Waals surface area contributed by atoms with Gasteiger partial charge in [0.15, 0.2) is 6.61 Å². The number of carbonyl (C=O) groups is 2. The Balaban J connectivity index is 1.68. The van der Waals surface area contributed by atoms with Gasteiger partial charge in [-0.1, -0.05) is 17.7 Å². The summed E-state index contributed by atoms with van der Waals surface area (Å²) in [4.78, 5) is 23.3. The van der Waals surface area contributed by atoms with E-state index in [4.69, 9.17) is 20.8 Å². The number of halogens is 1. The molecule has 1 heterocycles. The van der Waals surface area contributed by atoms with E-state index in [2.05, 4.69) is 10.6 Å². The van der Waals surface area contributed by atoms with Gasteiger partial charge in [0.2, 0.25) is 5.91 Å². The predicted octanol–water partition coefficient (Wildman–Crippen LogP) is 2.05. The average molecular weight is 337 g/mol. The van der Waals surface area contributed by atoms with Crippen LogP contribution >= 0.6 is 11.6 Å². The number of rotatable bonds is 7. The van der Waals surface area contributed by atoms with Crippen molar-refractivity contribution in [3.8, 4) is 5.75 Å². The second-order valence-electron chi connectivity index (χ2n) is 4.86. The largest absolute Gasteiger partial charge is 0.482 e. The third-order valence-corrected chi connectivity index (χ3v) is 3.24. The number of ether oxygens (including phenoxy) is 1. The first-order valence-electron chi connectivity index (χ1n) is 6.99.